The highest BCUT2D eigenvalue weighted by Gasteiger charge is 2.13. The van der Waals surface area contributed by atoms with Crippen molar-refractivity contribution in [2.75, 3.05) is 0 Å². The lowest BCUT2D eigenvalue weighted by Gasteiger charge is -2.17. The summed E-state index contributed by atoms with van der Waals surface area (Å²) in [6.45, 7) is 8.19. The Morgan fingerprint density at radius 3 is 2.57 bits per heavy atom. The molecule has 112 valence electrons. The average molecular weight is 304 g/mol. The molecular weight excluding hydrogens is 282 g/mol. The monoisotopic (exact) mass is 303 g/mol. The zero-order valence-corrected chi connectivity index (χ0v) is 13.8. The minimum absolute atomic E-state index is 0.0613. The normalized spacial score (nSPS) is 12.3. The molecule has 3 heteroatoms. The third kappa shape index (κ3) is 3.78. The third-order valence-electron chi connectivity index (χ3n) is 3.57. The molecule has 2 aromatic carbocycles. The third-order valence-corrected chi connectivity index (χ3v) is 3.86. The Balaban J connectivity index is 2.44. The van der Waals surface area contributed by atoms with Crippen LogP contribution in [0.5, 0.6) is 11.5 Å². The van der Waals surface area contributed by atoms with Gasteiger partial charge in [-0.1, -0.05) is 29.8 Å². The predicted octanol–water partition coefficient (Wildman–Crippen LogP) is 4.95. The van der Waals surface area contributed by atoms with Crippen molar-refractivity contribution < 1.29 is 4.74 Å². The first-order valence-electron chi connectivity index (χ1n) is 7.17. The molecule has 0 aromatic heterocycles. The fraction of sp³-hybridized carbons (Fsp3) is 0.333. The largest absolute Gasteiger partial charge is 0.455 e. The summed E-state index contributed by atoms with van der Waals surface area (Å²) >= 11 is 6.33. The van der Waals surface area contributed by atoms with E-state index in [9.17, 15) is 0 Å². The molecule has 0 fully saturated rings. The Morgan fingerprint density at radius 1 is 1.19 bits per heavy atom. The van der Waals surface area contributed by atoms with E-state index < -0.39 is 0 Å². The molecule has 2 nitrogen and oxygen atoms in total. The van der Waals surface area contributed by atoms with Crippen LogP contribution in [0.15, 0.2) is 30.3 Å². The van der Waals surface area contributed by atoms with Gasteiger partial charge in [0.25, 0.3) is 0 Å². The number of rotatable bonds is 4. The molecule has 0 aliphatic rings. The maximum atomic E-state index is 6.33. The molecule has 0 saturated heterocycles. The van der Waals surface area contributed by atoms with Crippen molar-refractivity contribution in [3.05, 3.63) is 57.6 Å². The summed E-state index contributed by atoms with van der Waals surface area (Å²) in [6.07, 6.45) is 0.736. The van der Waals surface area contributed by atoms with E-state index in [1.807, 2.05) is 31.2 Å². The summed E-state index contributed by atoms with van der Waals surface area (Å²) in [4.78, 5) is 0. The Bertz CT molecular complexity index is 650. The molecule has 2 rings (SSSR count). The average Bonchev–Trinajstić information content (AvgIpc) is 2.38. The van der Waals surface area contributed by atoms with E-state index >= 15 is 0 Å². The number of para-hydroxylation sites is 1. The predicted molar refractivity (Wildman–Crippen MR) is 89.5 cm³/mol. The number of hydrogen-bond acceptors (Lipinski definition) is 2. The molecule has 0 heterocycles. The molecular formula is C18H22ClNO. The zero-order chi connectivity index (χ0) is 15.6. The van der Waals surface area contributed by atoms with Gasteiger partial charge in [-0.05, 0) is 68.5 Å². The van der Waals surface area contributed by atoms with Gasteiger partial charge in [0.1, 0.15) is 11.5 Å². The number of ether oxygens (including phenoxy) is 1. The van der Waals surface area contributed by atoms with Crippen LogP contribution in [-0.4, -0.2) is 6.04 Å². The summed E-state index contributed by atoms with van der Waals surface area (Å²) in [5.41, 5.74) is 10.5. The second kappa shape index (κ2) is 6.50. The highest BCUT2D eigenvalue weighted by Crippen LogP contribution is 2.36. The minimum Gasteiger partial charge on any atom is -0.455 e. The molecule has 0 bridgehead atoms. The van der Waals surface area contributed by atoms with E-state index in [1.165, 1.54) is 11.1 Å². The Labute approximate surface area is 131 Å². The van der Waals surface area contributed by atoms with E-state index in [2.05, 4.69) is 26.8 Å². The molecule has 2 aromatic rings. The van der Waals surface area contributed by atoms with Gasteiger partial charge in [-0.2, -0.15) is 0 Å². The highest BCUT2D eigenvalue weighted by molar-refractivity contribution is 6.32. The smallest absolute Gasteiger partial charge is 0.149 e. The number of hydrogen-bond donors (Lipinski definition) is 1. The van der Waals surface area contributed by atoms with Crippen LogP contribution >= 0.6 is 11.6 Å². The van der Waals surface area contributed by atoms with Crippen molar-refractivity contribution in [3.63, 3.8) is 0 Å². The van der Waals surface area contributed by atoms with Crippen molar-refractivity contribution in [2.45, 2.75) is 40.2 Å². The molecule has 0 spiro atoms. The van der Waals surface area contributed by atoms with Crippen LogP contribution in [0.25, 0.3) is 0 Å². The quantitative estimate of drug-likeness (QED) is 0.867. The maximum absolute atomic E-state index is 6.33. The van der Waals surface area contributed by atoms with Crippen molar-refractivity contribution in [1.29, 1.82) is 0 Å². The lowest BCUT2D eigenvalue weighted by atomic mass is 10.0. The number of benzene rings is 2. The van der Waals surface area contributed by atoms with Gasteiger partial charge >= 0.3 is 0 Å². The van der Waals surface area contributed by atoms with Crippen LogP contribution in [0.2, 0.25) is 5.02 Å². The second-order valence-corrected chi connectivity index (χ2v) is 6.12. The van der Waals surface area contributed by atoms with E-state index in [0.29, 0.717) is 10.8 Å². The molecule has 1 atom stereocenters. The topological polar surface area (TPSA) is 35.2 Å². The van der Waals surface area contributed by atoms with Gasteiger partial charge in [0.15, 0.2) is 0 Å². The summed E-state index contributed by atoms with van der Waals surface area (Å²) in [7, 11) is 0. The summed E-state index contributed by atoms with van der Waals surface area (Å²) in [6, 6.07) is 10.0. The number of aryl methyl sites for hydroxylation is 2. The van der Waals surface area contributed by atoms with Gasteiger partial charge in [-0.15, -0.1) is 0 Å². The maximum Gasteiger partial charge on any atom is 0.149 e. The first-order valence-corrected chi connectivity index (χ1v) is 7.55. The van der Waals surface area contributed by atoms with Crippen molar-refractivity contribution in [2.24, 2.45) is 5.73 Å². The van der Waals surface area contributed by atoms with Crippen LogP contribution < -0.4 is 10.5 Å². The highest BCUT2D eigenvalue weighted by atomic mass is 35.5. The zero-order valence-electron chi connectivity index (χ0n) is 13.0. The van der Waals surface area contributed by atoms with Crippen molar-refractivity contribution in [1.82, 2.24) is 0 Å². The van der Waals surface area contributed by atoms with E-state index in [1.54, 1.807) is 0 Å². The van der Waals surface area contributed by atoms with Gasteiger partial charge < -0.3 is 10.5 Å². The molecule has 0 saturated carbocycles. The summed E-state index contributed by atoms with van der Waals surface area (Å²) in [5.74, 6) is 1.57. The fourth-order valence-electron chi connectivity index (χ4n) is 2.39. The molecule has 21 heavy (non-hydrogen) atoms. The van der Waals surface area contributed by atoms with Crippen molar-refractivity contribution >= 4 is 11.6 Å². The van der Waals surface area contributed by atoms with Crippen LogP contribution in [0, 0.1) is 20.8 Å². The van der Waals surface area contributed by atoms with Crippen LogP contribution in [-0.2, 0) is 6.42 Å². The molecule has 0 aliphatic carbocycles. The van der Waals surface area contributed by atoms with E-state index in [4.69, 9.17) is 22.1 Å². The van der Waals surface area contributed by atoms with Gasteiger partial charge in [0.2, 0.25) is 0 Å². The molecule has 2 N–H and O–H groups in total. The number of halogens is 1. The molecule has 1 unspecified atom stereocenters. The minimum atomic E-state index is 0.0613. The Morgan fingerprint density at radius 2 is 1.90 bits per heavy atom. The van der Waals surface area contributed by atoms with E-state index in [0.717, 1.165) is 23.3 Å². The molecule has 0 amide bonds. The Kier molecular flexibility index (Phi) is 4.92. The second-order valence-electron chi connectivity index (χ2n) is 5.72. The van der Waals surface area contributed by atoms with Gasteiger partial charge in [0.05, 0.1) is 5.02 Å². The van der Waals surface area contributed by atoms with Crippen LogP contribution in [0.1, 0.15) is 29.2 Å². The fourth-order valence-corrected chi connectivity index (χ4v) is 2.62. The van der Waals surface area contributed by atoms with E-state index in [-0.39, 0.29) is 6.04 Å². The SMILES string of the molecule is Cc1cc(C)c(C)c(Oc2c(Cl)cccc2CC(C)N)c1. The first kappa shape index (κ1) is 15.9. The lowest BCUT2D eigenvalue weighted by Crippen LogP contribution is -2.18. The number of nitrogens with two attached hydrogens (primary N) is 1. The molecule has 0 aliphatic heterocycles. The summed E-state index contributed by atoms with van der Waals surface area (Å²) < 4.78 is 6.15. The van der Waals surface area contributed by atoms with Gasteiger partial charge in [-0.3, -0.25) is 0 Å². The van der Waals surface area contributed by atoms with Crippen LogP contribution in [0.4, 0.5) is 0 Å². The van der Waals surface area contributed by atoms with Gasteiger partial charge in [0, 0.05) is 6.04 Å². The van der Waals surface area contributed by atoms with Crippen molar-refractivity contribution in [3.8, 4) is 11.5 Å². The standard InChI is InChI=1S/C18H22ClNO/c1-11-8-12(2)14(4)17(9-11)21-18-15(10-13(3)20)6-5-7-16(18)19/h5-9,13H,10,20H2,1-4H3. The lowest BCUT2D eigenvalue weighted by molar-refractivity contribution is 0.469. The molecule has 0 radical (unpaired) electrons. The summed E-state index contributed by atoms with van der Waals surface area (Å²) in [5, 5.41) is 0.617. The van der Waals surface area contributed by atoms with Crippen LogP contribution in [0.3, 0.4) is 0 Å². The van der Waals surface area contributed by atoms with Gasteiger partial charge in [-0.25, -0.2) is 0 Å². The Hall–Kier alpha value is -1.51. The first-order chi connectivity index (χ1) is 9.88.